The van der Waals surface area contributed by atoms with Gasteiger partial charge in [-0.15, -0.1) is 0 Å². The van der Waals surface area contributed by atoms with Crippen molar-refractivity contribution in [2.24, 2.45) is 0 Å². The van der Waals surface area contributed by atoms with Gasteiger partial charge in [-0.05, 0) is 42.5 Å². The number of carbonyl (C=O) groups is 1. The molecular weight excluding hydrogens is 404 g/mol. The van der Waals surface area contributed by atoms with Gasteiger partial charge >= 0.3 is 6.03 Å². The maximum Gasteiger partial charge on any atom is 0.321 e. The minimum atomic E-state index is -0.0141. The summed E-state index contributed by atoms with van der Waals surface area (Å²) in [6.45, 7) is 7.74. The van der Waals surface area contributed by atoms with Crippen molar-refractivity contribution < 1.29 is 4.79 Å². The lowest BCUT2D eigenvalue weighted by Crippen LogP contribution is -2.39. The van der Waals surface area contributed by atoms with E-state index in [1.54, 1.807) is 0 Å². The third kappa shape index (κ3) is 7.21. The molecular formula is C30H38N2O. The quantitative estimate of drug-likeness (QED) is 0.300. The molecule has 0 aliphatic heterocycles. The van der Waals surface area contributed by atoms with Crippen LogP contribution in [0.4, 0.5) is 10.5 Å². The average molecular weight is 443 g/mol. The van der Waals surface area contributed by atoms with E-state index in [0.29, 0.717) is 6.54 Å². The Morgan fingerprint density at radius 2 is 1.30 bits per heavy atom. The monoisotopic (exact) mass is 442 g/mol. The molecule has 3 rings (SSSR count). The number of rotatable bonds is 11. The molecule has 0 spiro atoms. The number of unbranched alkanes of at least 4 members (excludes halogenated alkanes) is 4. The van der Waals surface area contributed by atoms with E-state index in [-0.39, 0.29) is 11.9 Å². The Morgan fingerprint density at radius 1 is 0.758 bits per heavy atom. The Labute approximate surface area is 199 Å². The molecule has 0 bridgehead atoms. The number of amides is 2. The predicted octanol–water partition coefficient (Wildman–Crippen LogP) is 7.94. The van der Waals surface area contributed by atoms with Crippen LogP contribution < -0.4 is 5.32 Å². The highest BCUT2D eigenvalue weighted by Gasteiger charge is 2.22. The third-order valence-electron chi connectivity index (χ3n) is 6.34. The maximum atomic E-state index is 13.5. The molecule has 3 heteroatoms. The number of anilines is 1. The molecule has 174 valence electrons. The van der Waals surface area contributed by atoms with E-state index >= 15 is 0 Å². The molecule has 0 atom stereocenters. The largest absolute Gasteiger partial charge is 0.324 e. The molecule has 3 aromatic carbocycles. The van der Waals surface area contributed by atoms with Crippen molar-refractivity contribution in [3.63, 3.8) is 0 Å². The highest BCUT2D eigenvalue weighted by Crippen LogP contribution is 2.27. The first-order valence-corrected chi connectivity index (χ1v) is 12.3. The maximum absolute atomic E-state index is 13.5. The van der Waals surface area contributed by atoms with Crippen molar-refractivity contribution in [3.05, 3.63) is 101 Å². The van der Waals surface area contributed by atoms with E-state index in [1.165, 1.54) is 30.4 Å². The summed E-state index contributed by atoms with van der Waals surface area (Å²) in [6.07, 6.45) is 5.88. The summed E-state index contributed by atoms with van der Waals surface area (Å²) < 4.78 is 0. The Morgan fingerprint density at radius 3 is 1.85 bits per heavy atom. The summed E-state index contributed by atoms with van der Waals surface area (Å²) in [4.78, 5) is 15.6. The molecule has 0 fully saturated rings. The van der Waals surface area contributed by atoms with Crippen LogP contribution in [0, 0.1) is 13.8 Å². The number of aryl methyl sites for hydroxylation is 2. The second kappa shape index (κ2) is 12.8. The van der Waals surface area contributed by atoms with Gasteiger partial charge in [-0.3, -0.25) is 0 Å². The van der Waals surface area contributed by atoms with Crippen LogP contribution in [0.15, 0.2) is 78.9 Å². The smallest absolute Gasteiger partial charge is 0.321 e. The number of nitrogens with one attached hydrogen (secondary N) is 1. The van der Waals surface area contributed by atoms with Gasteiger partial charge < -0.3 is 10.2 Å². The molecule has 0 unspecified atom stereocenters. The zero-order valence-corrected chi connectivity index (χ0v) is 20.4. The van der Waals surface area contributed by atoms with Crippen LogP contribution in [-0.2, 0) is 0 Å². The topological polar surface area (TPSA) is 32.3 Å². The molecule has 33 heavy (non-hydrogen) atoms. The van der Waals surface area contributed by atoms with E-state index in [1.807, 2.05) is 23.1 Å². The van der Waals surface area contributed by atoms with Crippen molar-refractivity contribution in [2.75, 3.05) is 18.4 Å². The minimum Gasteiger partial charge on any atom is -0.324 e. The normalized spacial score (nSPS) is 10.9. The van der Waals surface area contributed by atoms with E-state index < -0.39 is 0 Å². The van der Waals surface area contributed by atoms with Gasteiger partial charge in [0, 0.05) is 24.7 Å². The number of para-hydroxylation sites is 1. The number of carbonyl (C=O) groups excluding carboxylic acids is 1. The van der Waals surface area contributed by atoms with Crippen LogP contribution >= 0.6 is 0 Å². The van der Waals surface area contributed by atoms with Gasteiger partial charge in [0.1, 0.15) is 0 Å². The third-order valence-corrected chi connectivity index (χ3v) is 6.34. The fourth-order valence-corrected chi connectivity index (χ4v) is 4.37. The van der Waals surface area contributed by atoms with Gasteiger partial charge in [0.05, 0.1) is 0 Å². The van der Waals surface area contributed by atoms with E-state index in [0.717, 1.165) is 36.2 Å². The van der Waals surface area contributed by atoms with Crippen LogP contribution in [0.2, 0.25) is 0 Å². The first-order chi connectivity index (χ1) is 16.1. The van der Waals surface area contributed by atoms with Gasteiger partial charge in [-0.2, -0.15) is 0 Å². The molecule has 0 aliphatic rings. The van der Waals surface area contributed by atoms with Crippen LogP contribution in [0.1, 0.15) is 67.2 Å². The summed E-state index contributed by atoms with van der Waals surface area (Å²) in [7, 11) is 0. The summed E-state index contributed by atoms with van der Waals surface area (Å²) in [6, 6.07) is 27.2. The predicted molar refractivity (Wildman–Crippen MR) is 140 cm³/mol. The van der Waals surface area contributed by atoms with Crippen LogP contribution in [0.3, 0.4) is 0 Å². The standard InChI is InChI=1S/C30H38N2O/c1-4-5-6-7-14-22-32(30(33)31-29-24(2)16-15-17-25(29)3)23-28(26-18-10-8-11-19-26)27-20-12-9-13-21-27/h8-13,15-21,28H,4-7,14,22-23H2,1-3H3,(H,31,33). The Balaban J connectivity index is 1.84. The highest BCUT2D eigenvalue weighted by atomic mass is 16.2. The first-order valence-electron chi connectivity index (χ1n) is 12.3. The molecule has 3 nitrogen and oxygen atoms in total. The number of hydrogen-bond donors (Lipinski definition) is 1. The second-order valence-electron chi connectivity index (χ2n) is 8.93. The molecule has 3 aromatic rings. The van der Waals surface area contributed by atoms with Crippen LogP contribution in [-0.4, -0.2) is 24.0 Å². The number of benzene rings is 3. The summed E-state index contributed by atoms with van der Waals surface area (Å²) in [5.74, 6) is 0.131. The molecule has 0 heterocycles. The number of nitrogens with zero attached hydrogens (tertiary/aromatic N) is 1. The average Bonchev–Trinajstić information content (AvgIpc) is 2.84. The Hall–Kier alpha value is -3.07. The molecule has 0 saturated carbocycles. The molecule has 0 saturated heterocycles. The fraction of sp³-hybridized carbons (Fsp3) is 0.367. The van der Waals surface area contributed by atoms with E-state index in [9.17, 15) is 4.79 Å². The van der Waals surface area contributed by atoms with Gasteiger partial charge in [0.2, 0.25) is 0 Å². The van der Waals surface area contributed by atoms with Gasteiger partial charge in [-0.25, -0.2) is 4.79 Å². The Kier molecular flexibility index (Phi) is 9.56. The lowest BCUT2D eigenvalue weighted by Gasteiger charge is -2.29. The number of urea groups is 1. The minimum absolute atomic E-state index is 0.0141. The van der Waals surface area contributed by atoms with Crippen molar-refractivity contribution in [2.45, 2.75) is 58.8 Å². The summed E-state index contributed by atoms with van der Waals surface area (Å²) in [5.41, 5.74) is 5.58. The van der Waals surface area contributed by atoms with Gasteiger partial charge in [0.25, 0.3) is 0 Å². The van der Waals surface area contributed by atoms with Crippen molar-refractivity contribution in [3.8, 4) is 0 Å². The Bertz CT molecular complexity index is 925. The zero-order valence-electron chi connectivity index (χ0n) is 20.4. The second-order valence-corrected chi connectivity index (χ2v) is 8.93. The lowest BCUT2D eigenvalue weighted by atomic mass is 9.90. The summed E-state index contributed by atoms with van der Waals surface area (Å²) in [5, 5.41) is 3.23. The molecule has 0 radical (unpaired) electrons. The van der Waals surface area contributed by atoms with Gasteiger partial charge in [-0.1, -0.05) is 111 Å². The van der Waals surface area contributed by atoms with Crippen molar-refractivity contribution >= 4 is 11.7 Å². The van der Waals surface area contributed by atoms with Crippen LogP contribution in [0.5, 0.6) is 0 Å². The highest BCUT2D eigenvalue weighted by molar-refractivity contribution is 5.91. The molecule has 1 N–H and O–H groups in total. The summed E-state index contributed by atoms with van der Waals surface area (Å²) >= 11 is 0. The van der Waals surface area contributed by atoms with Gasteiger partial charge in [0.15, 0.2) is 0 Å². The number of hydrogen-bond acceptors (Lipinski definition) is 1. The van der Waals surface area contributed by atoms with E-state index in [4.69, 9.17) is 0 Å². The lowest BCUT2D eigenvalue weighted by molar-refractivity contribution is 0.208. The van der Waals surface area contributed by atoms with E-state index in [2.05, 4.69) is 86.8 Å². The first kappa shape index (κ1) is 24.6. The van der Waals surface area contributed by atoms with Crippen molar-refractivity contribution in [1.82, 2.24) is 4.90 Å². The molecule has 2 amide bonds. The molecule has 0 aliphatic carbocycles. The fourth-order valence-electron chi connectivity index (χ4n) is 4.37. The SMILES string of the molecule is CCCCCCCN(CC(c1ccccc1)c1ccccc1)C(=O)Nc1c(C)cccc1C. The molecule has 0 aromatic heterocycles. The van der Waals surface area contributed by atoms with Crippen molar-refractivity contribution in [1.29, 1.82) is 0 Å². The zero-order chi connectivity index (χ0) is 23.5. The van der Waals surface area contributed by atoms with Crippen LogP contribution in [0.25, 0.3) is 0 Å².